The molecule has 0 saturated heterocycles. The van der Waals surface area contributed by atoms with Crippen LogP contribution in [0, 0.1) is 0 Å². The molecule has 0 unspecified atom stereocenters. The fourth-order valence-electron chi connectivity index (χ4n) is 2.75. The summed E-state index contributed by atoms with van der Waals surface area (Å²) in [5, 5.41) is 5.87. The van der Waals surface area contributed by atoms with Gasteiger partial charge in [0.1, 0.15) is 0 Å². The Morgan fingerprint density at radius 3 is 2.57 bits per heavy atom. The predicted octanol–water partition coefficient (Wildman–Crippen LogP) is 4.24. The molecular formula is C18H15N3. The highest BCUT2D eigenvalue weighted by Crippen LogP contribution is 2.30. The summed E-state index contributed by atoms with van der Waals surface area (Å²) in [5.41, 5.74) is 5.58. The van der Waals surface area contributed by atoms with Gasteiger partial charge in [-0.2, -0.15) is 5.10 Å². The normalized spacial score (nSPS) is 11.1. The minimum Gasteiger partial charge on any atom is -0.360 e. The van der Waals surface area contributed by atoms with Crippen molar-refractivity contribution in [2.75, 3.05) is 0 Å². The molecular weight excluding hydrogens is 258 g/mol. The van der Waals surface area contributed by atoms with Gasteiger partial charge in [-0.05, 0) is 12.1 Å². The van der Waals surface area contributed by atoms with Crippen molar-refractivity contribution < 1.29 is 0 Å². The number of aryl methyl sites for hydroxylation is 1. The monoisotopic (exact) mass is 273 g/mol. The molecule has 0 aliphatic rings. The highest BCUT2D eigenvalue weighted by molar-refractivity contribution is 5.95. The van der Waals surface area contributed by atoms with Crippen molar-refractivity contribution in [3.05, 3.63) is 66.9 Å². The third-order valence-electron chi connectivity index (χ3n) is 3.81. The van der Waals surface area contributed by atoms with E-state index >= 15 is 0 Å². The van der Waals surface area contributed by atoms with Gasteiger partial charge in [-0.15, -0.1) is 0 Å². The highest BCUT2D eigenvalue weighted by atomic mass is 15.3. The van der Waals surface area contributed by atoms with Crippen LogP contribution in [0.1, 0.15) is 0 Å². The summed E-state index contributed by atoms with van der Waals surface area (Å²) in [6, 6.07) is 20.7. The van der Waals surface area contributed by atoms with Crippen LogP contribution < -0.4 is 0 Å². The van der Waals surface area contributed by atoms with E-state index in [-0.39, 0.29) is 0 Å². The van der Waals surface area contributed by atoms with Gasteiger partial charge in [-0.25, -0.2) is 0 Å². The fraction of sp³-hybridized carbons (Fsp3) is 0.0556. The molecule has 2 heterocycles. The third kappa shape index (κ3) is 1.94. The van der Waals surface area contributed by atoms with Gasteiger partial charge in [0.05, 0.1) is 11.4 Å². The Labute approximate surface area is 122 Å². The highest BCUT2D eigenvalue weighted by Gasteiger charge is 2.12. The lowest BCUT2D eigenvalue weighted by Gasteiger charge is -1.99. The molecule has 0 aliphatic carbocycles. The Morgan fingerprint density at radius 1 is 0.952 bits per heavy atom. The number of nitrogens with zero attached hydrogens (tertiary/aromatic N) is 2. The zero-order valence-electron chi connectivity index (χ0n) is 11.7. The summed E-state index contributed by atoms with van der Waals surface area (Å²) in [5.74, 6) is 0. The van der Waals surface area contributed by atoms with Crippen LogP contribution in [0.2, 0.25) is 0 Å². The third-order valence-corrected chi connectivity index (χ3v) is 3.81. The zero-order valence-corrected chi connectivity index (χ0v) is 11.7. The number of para-hydroxylation sites is 1. The summed E-state index contributed by atoms with van der Waals surface area (Å²) in [6.07, 6.45) is 2.05. The van der Waals surface area contributed by atoms with Crippen LogP contribution in [-0.4, -0.2) is 14.8 Å². The van der Waals surface area contributed by atoms with Gasteiger partial charge in [0.2, 0.25) is 0 Å². The van der Waals surface area contributed by atoms with Crippen LogP contribution in [0.5, 0.6) is 0 Å². The lowest BCUT2D eigenvalue weighted by atomic mass is 10.1. The number of nitrogens with one attached hydrogen (secondary N) is 1. The average Bonchev–Trinajstić information content (AvgIpc) is 3.11. The van der Waals surface area contributed by atoms with Crippen molar-refractivity contribution in [1.29, 1.82) is 0 Å². The SMILES string of the molecule is Cn1nc(-c2ccccc2)cc1-c1c[nH]c2ccccc12. The Morgan fingerprint density at radius 2 is 1.71 bits per heavy atom. The molecule has 0 bridgehead atoms. The van der Waals surface area contributed by atoms with E-state index in [1.807, 2.05) is 36.0 Å². The maximum Gasteiger partial charge on any atom is 0.0929 e. The molecule has 0 amide bonds. The molecule has 21 heavy (non-hydrogen) atoms. The second-order valence-electron chi connectivity index (χ2n) is 5.15. The first-order valence-electron chi connectivity index (χ1n) is 6.99. The molecule has 2 aromatic carbocycles. The van der Waals surface area contributed by atoms with E-state index in [9.17, 15) is 0 Å². The zero-order chi connectivity index (χ0) is 14.2. The summed E-state index contributed by atoms with van der Waals surface area (Å²) in [4.78, 5) is 3.32. The number of rotatable bonds is 2. The Bertz CT molecular complexity index is 901. The molecule has 1 N–H and O–H groups in total. The van der Waals surface area contributed by atoms with Gasteiger partial charge >= 0.3 is 0 Å². The molecule has 0 spiro atoms. The molecule has 4 rings (SSSR count). The van der Waals surface area contributed by atoms with Crippen LogP contribution in [0.25, 0.3) is 33.4 Å². The van der Waals surface area contributed by atoms with Gasteiger partial charge in [-0.1, -0.05) is 48.5 Å². The van der Waals surface area contributed by atoms with Gasteiger partial charge in [0.15, 0.2) is 0 Å². The van der Waals surface area contributed by atoms with Crippen LogP contribution in [0.15, 0.2) is 66.9 Å². The molecule has 2 aromatic heterocycles. The number of aromatic amines is 1. The van der Waals surface area contributed by atoms with Crippen molar-refractivity contribution in [2.45, 2.75) is 0 Å². The van der Waals surface area contributed by atoms with Crippen molar-refractivity contribution in [2.24, 2.45) is 7.05 Å². The molecule has 0 fully saturated rings. The van der Waals surface area contributed by atoms with Gasteiger partial charge in [0, 0.05) is 35.3 Å². The standard InChI is InChI=1S/C18H15N3/c1-21-18(11-17(20-21)13-7-3-2-4-8-13)15-12-19-16-10-6-5-9-14(15)16/h2-12,19H,1H3. The summed E-state index contributed by atoms with van der Waals surface area (Å²) in [7, 11) is 1.99. The maximum absolute atomic E-state index is 4.65. The van der Waals surface area contributed by atoms with Crippen molar-refractivity contribution in [3.8, 4) is 22.5 Å². The molecule has 3 heteroatoms. The number of H-pyrrole nitrogens is 1. The summed E-state index contributed by atoms with van der Waals surface area (Å²) < 4.78 is 1.94. The lowest BCUT2D eigenvalue weighted by Crippen LogP contribution is -1.93. The molecule has 0 atom stereocenters. The number of benzene rings is 2. The number of aromatic nitrogens is 3. The van der Waals surface area contributed by atoms with Crippen molar-refractivity contribution >= 4 is 10.9 Å². The largest absolute Gasteiger partial charge is 0.360 e. The van der Waals surface area contributed by atoms with E-state index in [0.29, 0.717) is 0 Å². The lowest BCUT2D eigenvalue weighted by molar-refractivity contribution is 0.779. The Balaban J connectivity index is 1.88. The van der Waals surface area contributed by atoms with E-state index in [0.717, 1.165) is 22.5 Å². The number of fused-ring (bicyclic) bond motifs is 1. The Hall–Kier alpha value is -2.81. The topological polar surface area (TPSA) is 33.6 Å². The maximum atomic E-state index is 4.65. The minimum absolute atomic E-state index is 0.999. The summed E-state index contributed by atoms with van der Waals surface area (Å²) in [6.45, 7) is 0. The van der Waals surface area contributed by atoms with Crippen molar-refractivity contribution in [3.63, 3.8) is 0 Å². The predicted molar refractivity (Wildman–Crippen MR) is 85.9 cm³/mol. The minimum atomic E-state index is 0.999. The average molecular weight is 273 g/mol. The van der Waals surface area contributed by atoms with E-state index in [4.69, 9.17) is 0 Å². The first-order chi connectivity index (χ1) is 10.3. The fourth-order valence-corrected chi connectivity index (χ4v) is 2.75. The van der Waals surface area contributed by atoms with Crippen LogP contribution in [0.4, 0.5) is 0 Å². The quantitative estimate of drug-likeness (QED) is 0.582. The van der Waals surface area contributed by atoms with Crippen molar-refractivity contribution in [1.82, 2.24) is 14.8 Å². The van der Waals surface area contributed by atoms with E-state index in [2.05, 4.69) is 52.7 Å². The van der Waals surface area contributed by atoms with Crippen LogP contribution in [0.3, 0.4) is 0 Å². The van der Waals surface area contributed by atoms with E-state index in [1.165, 1.54) is 10.9 Å². The second-order valence-corrected chi connectivity index (χ2v) is 5.15. The van der Waals surface area contributed by atoms with Crippen LogP contribution in [-0.2, 0) is 7.05 Å². The molecule has 4 aromatic rings. The molecule has 102 valence electrons. The van der Waals surface area contributed by atoms with Crippen LogP contribution >= 0.6 is 0 Å². The smallest absolute Gasteiger partial charge is 0.0929 e. The molecule has 0 radical (unpaired) electrons. The van der Waals surface area contributed by atoms with E-state index < -0.39 is 0 Å². The Kier molecular flexibility index (Phi) is 2.64. The first kappa shape index (κ1) is 12.0. The van der Waals surface area contributed by atoms with E-state index in [1.54, 1.807) is 0 Å². The molecule has 3 nitrogen and oxygen atoms in total. The van der Waals surface area contributed by atoms with Gasteiger partial charge in [0.25, 0.3) is 0 Å². The second kappa shape index (κ2) is 4.63. The number of hydrogen-bond donors (Lipinski definition) is 1. The first-order valence-corrected chi connectivity index (χ1v) is 6.99. The number of hydrogen-bond acceptors (Lipinski definition) is 1. The molecule has 0 aliphatic heterocycles. The van der Waals surface area contributed by atoms with Gasteiger partial charge < -0.3 is 4.98 Å². The summed E-state index contributed by atoms with van der Waals surface area (Å²) >= 11 is 0. The van der Waals surface area contributed by atoms with Gasteiger partial charge in [-0.3, -0.25) is 4.68 Å². The molecule has 0 saturated carbocycles.